The molecule has 4 nitrogen and oxygen atoms in total. The van der Waals surface area contributed by atoms with Crippen molar-refractivity contribution in [2.75, 3.05) is 16.8 Å². The summed E-state index contributed by atoms with van der Waals surface area (Å²) in [6.07, 6.45) is 4.11. The molecule has 0 fully saturated rings. The maximum atomic E-state index is 12.3. The molecule has 0 aliphatic carbocycles. The van der Waals surface area contributed by atoms with Gasteiger partial charge in [0.05, 0.1) is 5.69 Å². The molecule has 1 aliphatic heterocycles. The molecule has 128 valence electrons. The highest BCUT2D eigenvalue weighted by Gasteiger charge is 2.29. The summed E-state index contributed by atoms with van der Waals surface area (Å²) in [6.45, 7) is 10.8. The molecule has 0 radical (unpaired) electrons. The third kappa shape index (κ3) is 4.63. The molecule has 1 N–H and O–H groups in total. The molecule has 1 unspecified atom stereocenters. The normalized spacial score (nSPS) is 15.3. The van der Waals surface area contributed by atoms with E-state index in [2.05, 4.69) is 31.3 Å². The summed E-state index contributed by atoms with van der Waals surface area (Å²) in [5.41, 5.74) is 2.88. The van der Waals surface area contributed by atoms with Crippen molar-refractivity contribution >= 4 is 17.5 Å². The molecular weight excluding hydrogens is 288 g/mol. The van der Waals surface area contributed by atoms with Crippen LogP contribution in [0.5, 0.6) is 0 Å². The third-order valence-electron chi connectivity index (χ3n) is 4.09. The van der Waals surface area contributed by atoms with E-state index in [4.69, 9.17) is 4.74 Å². The third-order valence-corrected chi connectivity index (χ3v) is 4.09. The molecule has 0 saturated carbocycles. The van der Waals surface area contributed by atoms with E-state index in [1.807, 2.05) is 26.8 Å². The van der Waals surface area contributed by atoms with Gasteiger partial charge in [-0.3, -0.25) is 4.90 Å². The average Bonchev–Trinajstić information content (AvgIpc) is 2.88. The topological polar surface area (TPSA) is 41.6 Å². The number of rotatable bonds is 5. The number of fused-ring (bicyclic) bond motifs is 1. The number of anilines is 2. The lowest BCUT2D eigenvalue weighted by atomic mass is 10.1. The monoisotopic (exact) mass is 318 g/mol. The van der Waals surface area contributed by atoms with Gasteiger partial charge < -0.3 is 10.1 Å². The first-order valence-electron chi connectivity index (χ1n) is 8.74. The number of ether oxygens (including phenoxy) is 1. The lowest BCUT2D eigenvalue weighted by Gasteiger charge is -2.25. The van der Waals surface area contributed by atoms with Gasteiger partial charge in [-0.1, -0.05) is 20.3 Å². The summed E-state index contributed by atoms with van der Waals surface area (Å²) < 4.78 is 5.49. The lowest BCUT2D eigenvalue weighted by molar-refractivity contribution is 0.0584. The second-order valence-corrected chi connectivity index (χ2v) is 7.26. The Hall–Kier alpha value is -1.71. The Morgan fingerprint density at radius 3 is 2.70 bits per heavy atom. The Morgan fingerprint density at radius 2 is 2.09 bits per heavy atom. The highest BCUT2D eigenvalue weighted by atomic mass is 16.6. The van der Waals surface area contributed by atoms with Crippen LogP contribution in [-0.4, -0.2) is 24.3 Å². The zero-order valence-electron chi connectivity index (χ0n) is 15.1. The minimum absolute atomic E-state index is 0.255. The zero-order chi connectivity index (χ0) is 17.0. The molecule has 1 aromatic carbocycles. The van der Waals surface area contributed by atoms with E-state index >= 15 is 0 Å². The van der Waals surface area contributed by atoms with Crippen LogP contribution >= 0.6 is 0 Å². The molecule has 1 aromatic rings. The van der Waals surface area contributed by atoms with Crippen LogP contribution in [0.1, 0.15) is 59.4 Å². The largest absolute Gasteiger partial charge is 0.443 e. The van der Waals surface area contributed by atoms with Crippen molar-refractivity contribution in [1.82, 2.24) is 0 Å². The number of hydrogen-bond donors (Lipinski definition) is 1. The van der Waals surface area contributed by atoms with E-state index in [0.717, 1.165) is 24.2 Å². The number of carbonyl (C=O) groups is 1. The van der Waals surface area contributed by atoms with Gasteiger partial charge in [-0.2, -0.15) is 0 Å². The Labute approximate surface area is 140 Å². The number of nitrogens with one attached hydrogen (secondary N) is 1. The van der Waals surface area contributed by atoms with Crippen LogP contribution < -0.4 is 10.2 Å². The SMILES string of the molecule is CCCC(CC)Nc1ccc2c(c1)CCN2C(=O)OC(C)(C)C. The Morgan fingerprint density at radius 1 is 1.35 bits per heavy atom. The Kier molecular flexibility index (Phi) is 5.55. The maximum absolute atomic E-state index is 12.3. The minimum atomic E-state index is -0.462. The van der Waals surface area contributed by atoms with E-state index in [1.165, 1.54) is 18.4 Å². The summed E-state index contributed by atoms with van der Waals surface area (Å²) in [5, 5.41) is 3.61. The first kappa shape index (κ1) is 17.6. The minimum Gasteiger partial charge on any atom is -0.443 e. The van der Waals surface area contributed by atoms with Crippen molar-refractivity contribution in [2.24, 2.45) is 0 Å². The van der Waals surface area contributed by atoms with E-state index in [1.54, 1.807) is 4.90 Å². The number of nitrogens with zero attached hydrogens (tertiary/aromatic N) is 1. The summed E-state index contributed by atoms with van der Waals surface area (Å²) in [7, 11) is 0. The van der Waals surface area contributed by atoms with Gasteiger partial charge in [0, 0.05) is 18.3 Å². The van der Waals surface area contributed by atoms with Crippen LogP contribution in [0.15, 0.2) is 18.2 Å². The molecule has 1 heterocycles. The van der Waals surface area contributed by atoms with Gasteiger partial charge in [0.15, 0.2) is 0 Å². The molecular formula is C19H30N2O2. The van der Waals surface area contributed by atoms with Crippen LogP contribution in [0.2, 0.25) is 0 Å². The number of carbonyl (C=O) groups excluding carboxylic acids is 1. The van der Waals surface area contributed by atoms with Gasteiger partial charge in [0.1, 0.15) is 5.60 Å². The van der Waals surface area contributed by atoms with Crippen molar-refractivity contribution in [2.45, 2.75) is 71.9 Å². The summed E-state index contributed by atoms with van der Waals surface area (Å²) in [6, 6.07) is 6.80. The number of hydrogen-bond acceptors (Lipinski definition) is 3. The summed E-state index contributed by atoms with van der Waals surface area (Å²) >= 11 is 0. The molecule has 0 aromatic heterocycles. The van der Waals surface area contributed by atoms with Crippen molar-refractivity contribution in [3.8, 4) is 0 Å². The highest BCUT2D eigenvalue weighted by molar-refractivity contribution is 5.91. The first-order valence-corrected chi connectivity index (χ1v) is 8.74. The van der Waals surface area contributed by atoms with E-state index in [-0.39, 0.29) is 6.09 Å². The van der Waals surface area contributed by atoms with Crippen molar-refractivity contribution in [1.29, 1.82) is 0 Å². The quantitative estimate of drug-likeness (QED) is 0.833. The molecule has 1 aliphatic rings. The fourth-order valence-electron chi connectivity index (χ4n) is 2.96. The predicted molar refractivity (Wildman–Crippen MR) is 96.3 cm³/mol. The second kappa shape index (κ2) is 7.24. The maximum Gasteiger partial charge on any atom is 0.414 e. The smallest absolute Gasteiger partial charge is 0.414 e. The molecule has 0 saturated heterocycles. The van der Waals surface area contributed by atoms with Crippen LogP contribution in [0, 0.1) is 0 Å². The lowest BCUT2D eigenvalue weighted by Crippen LogP contribution is -2.35. The van der Waals surface area contributed by atoms with Gasteiger partial charge >= 0.3 is 6.09 Å². The predicted octanol–water partition coefficient (Wildman–Crippen LogP) is 4.97. The van der Waals surface area contributed by atoms with Crippen molar-refractivity contribution in [3.63, 3.8) is 0 Å². The van der Waals surface area contributed by atoms with Crippen molar-refractivity contribution in [3.05, 3.63) is 23.8 Å². The number of amides is 1. The van der Waals surface area contributed by atoms with E-state index in [0.29, 0.717) is 12.6 Å². The van der Waals surface area contributed by atoms with Crippen LogP contribution in [0.4, 0.5) is 16.2 Å². The first-order chi connectivity index (χ1) is 10.8. The van der Waals surface area contributed by atoms with Crippen LogP contribution in [0.3, 0.4) is 0 Å². The van der Waals surface area contributed by atoms with E-state index < -0.39 is 5.60 Å². The van der Waals surface area contributed by atoms with Gasteiger partial charge in [0.25, 0.3) is 0 Å². The van der Waals surface area contributed by atoms with Crippen LogP contribution in [-0.2, 0) is 11.2 Å². The van der Waals surface area contributed by atoms with Gasteiger partial charge in [0.2, 0.25) is 0 Å². The number of benzene rings is 1. The average molecular weight is 318 g/mol. The zero-order valence-corrected chi connectivity index (χ0v) is 15.1. The standard InChI is InChI=1S/C19H30N2O2/c1-6-8-15(7-2)20-16-9-10-17-14(13-16)11-12-21(17)18(22)23-19(3,4)5/h9-10,13,15,20H,6-8,11-12H2,1-5H3. The van der Waals surface area contributed by atoms with Gasteiger partial charge in [-0.15, -0.1) is 0 Å². The van der Waals surface area contributed by atoms with Crippen molar-refractivity contribution < 1.29 is 9.53 Å². The fraction of sp³-hybridized carbons (Fsp3) is 0.632. The molecule has 0 bridgehead atoms. The van der Waals surface area contributed by atoms with Gasteiger partial charge in [-0.05, 0) is 63.8 Å². The molecule has 1 amide bonds. The summed E-state index contributed by atoms with van der Waals surface area (Å²) in [4.78, 5) is 14.0. The molecule has 2 rings (SSSR count). The Balaban J connectivity index is 2.09. The summed E-state index contributed by atoms with van der Waals surface area (Å²) in [5.74, 6) is 0. The van der Waals surface area contributed by atoms with Crippen LogP contribution in [0.25, 0.3) is 0 Å². The fourth-order valence-corrected chi connectivity index (χ4v) is 2.96. The molecule has 0 spiro atoms. The van der Waals surface area contributed by atoms with E-state index in [9.17, 15) is 4.79 Å². The molecule has 23 heavy (non-hydrogen) atoms. The highest BCUT2D eigenvalue weighted by Crippen LogP contribution is 2.32. The Bertz CT molecular complexity index is 549. The molecule has 1 atom stereocenters. The second-order valence-electron chi connectivity index (χ2n) is 7.26. The molecule has 4 heteroatoms. The van der Waals surface area contributed by atoms with Gasteiger partial charge in [-0.25, -0.2) is 4.79 Å².